The summed E-state index contributed by atoms with van der Waals surface area (Å²) < 4.78 is 116. The van der Waals surface area contributed by atoms with Gasteiger partial charge < -0.3 is 68.5 Å². The Kier molecular flexibility index (Phi) is 22.1. The molecule has 3 fully saturated rings. The molecule has 6 N–H and O–H groups in total. The number of esters is 2. The predicted molar refractivity (Wildman–Crippen MR) is 298 cm³/mol. The van der Waals surface area contributed by atoms with Gasteiger partial charge in [-0.2, -0.15) is 18.3 Å². The van der Waals surface area contributed by atoms with Crippen molar-refractivity contribution in [2.75, 3.05) is 41.4 Å². The van der Waals surface area contributed by atoms with Gasteiger partial charge >= 0.3 is 18.1 Å². The maximum absolute atomic E-state index is 14.5. The lowest BCUT2D eigenvalue weighted by Gasteiger charge is -2.49. The number of methoxy groups -OCH3 is 1. The number of rotatable bonds is 15. The van der Waals surface area contributed by atoms with Crippen molar-refractivity contribution in [2.24, 2.45) is 17.8 Å². The molecule has 3 saturated heterocycles. The highest BCUT2D eigenvalue weighted by atomic mass is 32.2. The number of nitrogens with one attached hydrogen (secondary N) is 1. The number of aromatic nitrogens is 2. The molecule has 472 valence electrons. The zero-order chi connectivity index (χ0) is 62.8. The number of amides is 1. The summed E-state index contributed by atoms with van der Waals surface area (Å²) in [7, 11) is 2.02. The Labute approximate surface area is 489 Å². The van der Waals surface area contributed by atoms with Gasteiger partial charge in [-0.3, -0.25) is 14.4 Å². The van der Waals surface area contributed by atoms with E-state index in [1.54, 1.807) is 89.8 Å². The van der Waals surface area contributed by atoms with E-state index in [9.17, 15) is 61.5 Å². The highest BCUT2D eigenvalue weighted by Crippen LogP contribution is 2.41. The van der Waals surface area contributed by atoms with Crippen LogP contribution in [0.15, 0.2) is 59.5 Å². The number of sulfonamides is 1. The maximum Gasteiger partial charge on any atom is 0.435 e. The topological polar surface area (TPSA) is 287 Å². The summed E-state index contributed by atoms with van der Waals surface area (Å²) in [6, 6.07) is 10.9. The number of likely N-dealkylation sites (N-methyl/N-ethyl adjacent to an activating group) is 2. The van der Waals surface area contributed by atoms with Crippen LogP contribution < -0.4 is 4.72 Å². The monoisotopic (exact) mass is 1210 g/mol. The lowest BCUT2D eigenvalue weighted by atomic mass is 9.77. The summed E-state index contributed by atoms with van der Waals surface area (Å²) in [5, 5.41) is 61.8. The Morgan fingerprint density at radius 3 is 2.12 bits per heavy atom. The Balaban J connectivity index is 1.27. The van der Waals surface area contributed by atoms with E-state index in [-0.39, 0.29) is 36.7 Å². The van der Waals surface area contributed by atoms with Gasteiger partial charge in [-0.05, 0) is 126 Å². The molecule has 1 aromatic heterocycles. The van der Waals surface area contributed by atoms with Crippen LogP contribution in [-0.4, -0.2) is 203 Å². The third-order valence-corrected chi connectivity index (χ3v) is 18.2. The molecular formula is C58H86F3N5O17S. The number of alkyl halides is 3. The summed E-state index contributed by atoms with van der Waals surface area (Å²) in [4.78, 5) is 45.0. The third kappa shape index (κ3) is 15.9. The van der Waals surface area contributed by atoms with Gasteiger partial charge in [0.2, 0.25) is 5.91 Å². The van der Waals surface area contributed by atoms with Gasteiger partial charge in [-0.1, -0.05) is 43.7 Å². The van der Waals surface area contributed by atoms with E-state index in [1.165, 1.54) is 40.0 Å². The second kappa shape index (κ2) is 27.2. The van der Waals surface area contributed by atoms with E-state index < -0.39 is 166 Å². The van der Waals surface area contributed by atoms with Crippen molar-refractivity contribution in [1.29, 1.82) is 0 Å². The number of hydrogen-bond donors (Lipinski definition) is 6. The van der Waals surface area contributed by atoms with Gasteiger partial charge in [0.25, 0.3) is 10.0 Å². The van der Waals surface area contributed by atoms with Crippen LogP contribution in [0.1, 0.15) is 106 Å². The average Bonchev–Trinajstić information content (AvgIpc) is 4.03. The van der Waals surface area contributed by atoms with Gasteiger partial charge in [0.1, 0.15) is 17.8 Å². The molecule has 3 aliphatic rings. The number of nitrogens with zero attached hydrogens (tertiary/aromatic N) is 4. The van der Waals surface area contributed by atoms with Crippen LogP contribution in [0.3, 0.4) is 0 Å². The lowest BCUT2D eigenvalue weighted by molar-refractivity contribution is -0.319. The van der Waals surface area contributed by atoms with Crippen molar-refractivity contribution in [3.8, 4) is 16.9 Å². The first-order valence-corrected chi connectivity index (χ1v) is 29.7. The third-order valence-electron chi connectivity index (χ3n) is 16.8. The Bertz CT molecular complexity index is 2820. The van der Waals surface area contributed by atoms with Crippen LogP contribution in [0.2, 0.25) is 0 Å². The van der Waals surface area contributed by atoms with Gasteiger partial charge in [0, 0.05) is 44.0 Å². The molecule has 0 spiro atoms. The molecule has 3 aliphatic heterocycles. The number of halogens is 3. The fraction of sp³-hybridized carbons (Fsp3) is 0.690. The summed E-state index contributed by atoms with van der Waals surface area (Å²) in [5.41, 5.74) is -4.89. The highest BCUT2D eigenvalue weighted by molar-refractivity contribution is 7.90. The molecule has 2 aromatic carbocycles. The van der Waals surface area contributed by atoms with Gasteiger partial charge in [-0.15, -0.1) is 0 Å². The van der Waals surface area contributed by atoms with Crippen molar-refractivity contribution >= 4 is 27.9 Å². The first-order valence-electron chi connectivity index (χ1n) is 28.2. The molecule has 3 aromatic rings. The molecule has 18 atom stereocenters. The van der Waals surface area contributed by atoms with Crippen molar-refractivity contribution in [3.05, 3.63) is 65.9 Å². The Morgan fingerprint density at radius 1 is 0.905 bits per heavy atom. The molecule has 22 nitrogen and oxygen atoms in total. The normalized spacial score (nSPS) is 35.4. The van der Waals surface area contributed by atoms with E-state index in [1.807, 2.05) is 18.6 Å². The SMILES string of the molecule is CO[C@]1(C)C[C@H](O[C@H]2[C@H](C)[C@@H](O[C@@H]3O[C@H](C)C[C@H](N(C)C)[C@H]3OC(=O)CCC(=O)NS(=O)(=O)c3ccc(-n4nc(C(F)(F)F)cc4-c4ccc(C)cc4)cc3)[C@](C)(O)C[C@@H](C)CN(C)[C@H](C)[C@@H](O)[C@](C)(O)[C@@H](CO)OC(=O)[C@@H]2C)O[C@@H](C)[C@@H]1O. The first kappa shape index (κ1) is 68.4. The summed E-state index contributed by atoms with van der Waals surface area (Å²) in [5.74, 6) is -5.73. The van der Waals surface area contributed by atoms with Crippen molar-refractivity contribution in [3.63, 3.8) is 0 Å². The fourth-order valence-corrected chi connectivity index (χ4v) is 12.7. The van der Waals surface area contributed by atoms with Crippen molar-refractivity contribution < 1.29 is 94.7 Å². The van der Waals surface area contributed by atoms with Crippen LogP contribution in [0.4, 0.5) is 13.2 Å². The summed E-state index contributed by atoms with van der Waals surface area (Å²) >= 11 is 0. The highest BCUT2D eigenvalue weighted by Gasteiger charge is 2.54. The van der Waals surface area contributed by atoms with E-state index in [2.05, 4.69) is 5.10 Å². The number of cyclic esters (lactones) is 1. The van der Waals surface area contributed by atoms with Gasteiger partial charge in [0.05, 0.1) is 76.9 Å². The first-order chi connectivity index (χ1) is 38.9. The second-order valence-electron chi connectivity index (χ2n) is 24.1. The largest absolute Gasteiger partial charge is 0.456 e. The minimum absolute atomic E-state index is 0.00928. The fourth-order valence-electron chi connectivity index (χ4n) is 11.7. The van der Waals surface area contributed by atoms with E-state index in [0.717, 1.165) is 28.4 Å². The number of ether oxygens (including phenoxy) is 7. The van der Waals surface area contributed by atoms with Crippen LogP contribution in [-0.2, 0) is 63.7 Å². The van der Waals surface area contributed by atoms with Crippen LogP contribution in [0, 0.1) is 24.7 Å². The molecule has 84 heavy (non-hydrogen) atoms. The number of hydrogen-bond acceptors (Lipinski definition) is 20. The van der Waals surface area contributed by atoms with Crippen molar-refractivity contribution in [1.82, 2.24) is 24.3 Å². The lowest BCUT2D eigenvalue weighted by Crippen LogP contribution is -2.61. The molecule has 1 amide bonds. The molecule has 0 radical (unpaired) electrons. The van der Waals surface area contributed by atoms with Gasteiger partial charge in [-0.25, -0.2) is 17.8 Å². The number of carbonyl (C=O) groups is 3. The zero-order valence-electron chi connectivity index (χ0n) is 50.3. The van der Waals surface area contributed by atoms with E-state index >= 15 is 0 Å². The number of carbonyl (C=O) groups excluding carboxylic acids is 3. The minimum Gasteiger partial charge on any atom is -0.456 e. The second-order valence-corrected chi connectivity index (χ2v) is 25.8. The number of aliphatic hydroxyl groups is 5. The summed E-state index contributed by atoms with van der Waals surface area (Å²) in [6.45, 7) is 15.7. The van der Waals surface area contributed by atoms with E-state index in [0.29, 0.717) is 12.0 Å². The number of benzene rings is 2. The molecule has 0 bridgehead atoms. The number of aliphatic hydroxyl groups excluding tert-OH is 3. The number of aryl methyl sites for hydroxylation is 1. The molecule has 0 aliphatic carbocycles. The molecule has 0 unspecified atom stereocenters. The molecule has 6 rings (SSSR count). The average molecular weight is 1210 g/mol. The molecule has 0 saturated carbocycles. The van der Waals surface area contributed by atoms with E-state index in [4.69, 9.17) is 33.2 Å². The van der Waals surface area contributed by atoms with Gasteiger partial charge in [0.15, 0.2) is 30.5 Å². The van der Waals surface area contributed by atoms with Crippen LogP contribution in [0.5, 0.6) is 0 Å². The van der Waals surface area contributed by atoms with Crippen LogP contribution >= 0.6 is 0 Å². The smallest absolute Gasteiger partial charge is 0.435 e. The zero-order valence-corrected chi connectivity index (χ0v) is 51.1. The van der Waals surface area contributed by atoms with Crippen molar-refractivity contribution in [2.45, 2.75) is 203 Å². The molecular weight excluding hydrogens is 1130 g/mol. The summed E-state index contributed by atoms with van der Waals surface area (Å²) in [6.07, 6.45) is -18.0. The predicted octanol–water partition coefficient (Wildman–Crippen LogP) is 4.50. The molecule has 4 heterocycles. The van der Waals surface area contributed by atoms with Crippen LogP contribution in [0.25, 0.3) is 16.9 Å². The maximum atomic E-state index is 14.5. The molecule has 26 heteroatoms. The Morgan fingerprint density at radius 2 is 1.54 bits per heavy atom. The Hall–Kier alpha value is -4.68. The quantitative estimate of drug-likeness (QED) is 0.114. The standard InChI is InChI=1S/C58H86F3N5O17S/c1-31-15-17-38(18-16-31)41-26-43(58(59,60)61)62-66(41)39-19-21-40(22-20-39)84(75,76)63-45(68)23-24-46(69)81-49-42(64(11)12)25-33(3)78-54(49)83-52-34(4)48(82-47-28-56(9,77-14)51(71)37(7)79-47)35(5)53(72)80-44(30-67)57(10,74)50(70)36(6)65(13)29-32(2)27-55(52,8)73/h15-22,26,32-37,42,44,47-52,54,67,70-71,73-74H,23-25,27-30H2,1-14H3,(H,63,68)/t32-,33-,34+,35-,36-,37+,42+,44-,47+,48+,49-,50-,51+,52-,54+,55-,56-,57-/m1/s1. The minimum atomic E-state index is -4.78.